The van der Waals surface area contributed by atoms with Gasteiger partial charge in [0, 0.05) is 23.1 Å². The Morgan fingerprint density at radius 3 is 2.46 bits per heavy atom. The maximum atomic E-state index is 13.6. The quantitative estimate of drug-likeness (QED) is 0.472. The Morgan fingerprint density at radius 1 is 1.09 bits per heavy atom. The number of hydrogen-bond acceptors (Lipinski definition) is 6. The van der Waals surface area contributed by atoms with Crippen LogP contribution in [0.25, 0.3) is 0 Å². The minimum atomic E-state index is -3.82. The molecule has 1 atom stereocenters. The monoisotopic (exact) mass is 567 g/mol. The molecule has 1 aliphatic heterocycles. The summed E-state index contributed by atoms with van der Waals surface area (Å²) in [5.74, 6) is -0.127. The topological polar surface area (TPSA) is 105 Å². The molecule has 190 valence electrons. The summed E-state index contributed by atoms with van der Waals surface area (Å²) in [5, 5.41) is 2.83. The van der Waals surface area contributed by atoms with Gasteiger partial charge in [-0.15, -0.1) is 0 Å². The molecule has 0 spiro atoms. The number of halogens is 1. The van der Waals surface area contributed by atoms with Crippen LogP contribution in [-0.2, 0) is 26.2 Å². The maximum absolute atomic E-state index is 13.6. The van der Waals surface area contributed by atoms with Crippen molar-refractivity contribution in [3.63, 3.8) is 0 Å². The Hall–Kier alpha value is -2.79. The highest BCUT2D eigenvalue weighted by Gasteiger charge is 2.32. The first kappa shape index (κ1) is 26.8. The van der Waals surface area contributed by atoms with Gasteiger partial charge >= 0.3 is 0 Å². The fourth-order valence-electron chi connectivity index (χ4n) is 3.58. The van der Waals surface area contributed by atoms with Crippen molar-refractivity contribution in [2.24, 2.45) is 0 Å². The first-order valence-corrected chi connectivity index (χ1v) is 13.7. The second kappa shape index (κ2) is 11.3. The molecule has 0 unspecified atom stereocenters. The lowest BCUT2D eigenvalue weighted by atomic mass is 10.1. The molecule has 0 radical (unpaired) electrons. The molecule has 0 saturated carbocycles. The SMILES string of the molecule is CCS(=O)(=O)N(CC(=O)N(Cc1cccc(Br)c1)[C@@H](C)C(=O)NC(C)C)c1ccc2c(c1)OCO2. The van der Waals surface area contributed by atoms with Crippen LogP contribution in [0.15, 0.2) is 46.9 Å². The Kier molecular flexibility index (Phi) is 8.65. The van der Waals surface area contributed by atoms with Crippen LogP contribution in [-0.4, -0.2) is 56.3 Å². The molecule has 0 aromatic heterocycles. The van der Waals surface area contributed by atoms with E-state index in [1.54, 1.807) is 19.1 Å². The molecule has 1 aliphatic rings. The van der Waals surface area contributed by atoms with Gasteiger partial charge in [0.1, 0.15) is 12.6 Å². The van der Waals surface area contributed by atoms with Crippen LogP contribution >= 0.6 is 15.9 Å². The standard InChI is InChI=1S/C24H30BrN3O6S/c1-5-35(31,32)28(20-9-10-21-22(12-20)34-15-33-21)14-23(29)27(17(4)24(30)26-16(2)3)13-18-7-6-8-19(25)11-18/h6-12,16-17H,5,13-15H2,1-4H3,(H,26,30)/t17-/m0/s1. The minimum absolute atomic E-state index is 0.0428. The number of nitrogens with zero attached hydrogens (tertiary/aromatic N) is 2. The highest BCUT2D eigenvalue weighted by Crippen LogP contribution is 2.36. The summed E-state index contributed by atoms with van der Waals surface area (Å²) in [4.78, 5) is 27.8. The van der Waals surface area contributed by atoms with Crippen molar-refractivity contribution in [3.8, 4) is 11.5 Å². The first-order valence-electron chi connectivity index (χ1n) is 11.3. The van der Waals surface area contributed by atoms with Crippen LogP contribution in [0.3, 0.4) is 0 Å². The average Bonchev–Trinajstić information content (AvgIpc) is 3.27. The average molecular weight is 568 g/mol. The Bertz CT molecular complexity index is 1190. The molecular weight excluding hydrogens is 538 g/mol. The molecule has 0 saturated heterocycles. The van der Waals surface area contributed by atoms with Crippen molar-refractivity contribution < 1.29 is 27.5 Å². The molecule has 3 rings (SSSR count). The van der Waals surface area contributed by atoms with E-state index >= 15 is 0 Å². The molecule has 35 heavy (non-hydrogen) atoms. The van der Waals surface area contributed by atoms with Crippen LogP contribution in [0.1, 0.15) is 33.3 Å². The lowest BCUT2D eigenvalue weighted by Crippen LogP contribution is -2.52. The van der Waals surface area contributed by atoms with Crippen LogP contribution in [0.5, 0.6) is 11.5 Å². The van der Waals surface area contributed by atoms with E-state index in [2.05, 4.69) is 21.2 Å². The second-order valence-electron chi connectivity index (χ2n) is 8.44. The number of carbonyl (C=O) groups is 2. The second-order valence-corrected chi connectivity index (χ2v) is 11.5. The Morgan fingerprint density at radius 2 is 1.80 bits per heavy atom. The van der Waals surface area contributed by atoms with E-state index < -0.39 is 28.5 Å². The van der Waals surface area contributed by atoms with Gasteiger partial charge in [-0.3, -0.25) is 13.9 Å². The molecule has 2 amide bonds. The smallest absolute Gasteiger partial charge is 0.244 e. The summed E-state index contributed by atoms with van der Waals surface area (Å²) in [6, 6.07) is 11.2. The molecule has 9 nitrogen and oxygen atoms in total. The van der Waals surface area contributed by atoms with Crippen molar-refractivity contribution in [2.75, 3.05) is 23.4 Å². The van der Waals surface area contributed by atoms with E-state index in [0.717, 1.165) is 14.3 Å². The molecule has 11 heteroatoms. The number of carbonyl (C=O) groups excluding carboxylic acids is 2. The Balaban J connectivity index is 1.94. The normalized spacial score (nSPS) is 13.4. The number of ether oxygens (including phenoxy) is 2. The molecule has 2 aromatic carbocycles. The fourth-order valence-corrected chi connectivity index (χ4v) is 5.08. The molecule has 0 aliphatic carbocycles. The zero-order chi connectivity index (χ0) is 25.8. The molecule has 1 heterocycles. The molecule has 0 bridgehead atoms. The van der Waals surface area contributed by atoms with Crippen molar-refractivity contribution in [1.29, 1.82) is 0 Å². The number of benzene rings is 2. The first-order chi connectivity index (χ1) is 16.5. The number of hydrogen-bond donors (Lipinski definition) is 1. The third-order valence-corrected chi connectivity index (χ3v) is 7.70. The zero-order valence-corrected chi connectivity index (χ0v) is 22.6. The predicted octanol–water partition coefficient (Wildman–Crippen LogP) is 3.28. The number of anilines is 1. The van der Waals surface area contributed by atoms with Crippen LogP contribution in [0.2, 0.25) is 0 Å². The fraction of sp³-hybridized carbons (Fsp3) is 0.417. The summed E-state index contributed by atoms with van der Waals surface area (Å²) in [7, 11) is -3.82. The summed E-state index contributed by atoms with van der Waals surface area (Å²) in [6.07, 6.45) is 0. The third kappa shape index (κ3) is 6.66. The van der Waals surface area contributed by atoms with Crippen LogP contribution in [0.4, 0.5) is 5.69 Å². The van der Waals surface area contributed by atoms with Crippen molar-refractivity contribution >= 4 is 43.5 Å². The maximum Gasteiger partial charge on any atom is 0.244 e. The highest BCUT2D eigenvalue weighted by atomic mass is 79.9. The van der Waals surface area contributed by atoms with Gasteiger partial charge in [0.2, 0.25) is 28.6 Å². The number of fused-ring (bicyclic) bond motifs is 1. The van der Waals surface area contributed by atoms with E-state index in [4.69, 9.17) is 9.47 Å². The van der Waals surface area contributed by atoms with Gasteiger partial charge in [-0.25, -0.2) is 8.42 Å². The number of rotatable bonds is 10. The number of amides is 2. The summed E-state index contributed by atoms with van der Waals surface area (Å²) >= 11 is 3.43. The van der Waals surface area contributed by atoms with Gasteiger partial charge in [0.05, 0.1) is 11.4 Å². The van der Waals surface area contributed by atoms with Crippen molar-refractivity contribution in [3.05, 3.63) is 52.5 Å². The van der Waals surface area contributed by atoms with Gasteiger partial charge in [-0.1, -0.05) is 28.1 Å². The number of sulfonamides is 1. The number of nitrogens with one attached hydrogen (secondary N) is 1. The predicted molar refractivity (Wildman–Crippen MR) is 137 cm³/mol. The van der Waals surface area contributed by atoms with E-state index in [1.165, 1.54) is 17.9 Å². The summed E-state index contributed by atoms with van der Waals surface area (Å²) in [6.45, 7) is 6.52. The van der Waals surface area contributed by atoms with Gasteiger partial charge in [-0.2, -0.15) is 0 Å². The lowest BCUT2D eigenvalue weighted by molar-refractivity contribution is -0.139. The van der Waals surface area contributed by atoms with Crippen molar-refractivity contribution in [2.45, 2.75) is 46.3 Å². The summed E-state index contributed by atoms with van der Waals surface area (Å²) < 4.78 is 38.6. The van der Waals surface area contributed by atoms with Gasteiger partial charge in [0.15, 0.2) is 11.5 Å². The molecule has 1 N–H and O–H groups in total. The van der Waals surface area contributed by atoms with Crippen molar-refractivity contribution in [1.82, 2.24) is 10.2 Å². The highest BCUT2D eigenvalue weighted by molar-refractivity contribution is 9.10. The van der Waals surface area contributed by atoms with Crippen LogP contribution < -0.4 is 19.1 Å². The minimum Gasteiger partial charge on any atom is -0.454 e. The van der Waals surface area contributed by atoms with E-state index in [1.807, 2.05) is 38.1 Å². The van der Waals surface area contributed by atoms with E-state index in [9.17, 15) is 18.0 Å². The van der Waals surface area contributed by atoms with E-state index in [-0.39, 0.29) is 36.7 Å². The third-order valence-electron chi connectivity index (χ3n) is 5.46. The van der Waals surface area contributed by atoms with Crippen LogP contribution in [0, 0.1) is 0 Å². The van der Waals surface area contributed by atoms with Gasteiger partial charge < -0.3 is 19.7 Å². The lowest BCUT2D eigenvalue weighted by Gasteiger charge is -2.32. The molecular formula is C24H30BrN3O6S. The Labute approximate surface area is 214 Å². The zero-order valence-electron chi connectivity index (χ0n) is 20.2. The molecule has 0 fully saturated rings. The van der Waals surface area contributed by atoms with Gasteiger partial charge in [0.25, 0.3) is 0 Å². The summed E-state index contributed by atoms with van der Waals surface area (Å²) in [5.41, 5.74) is 1.08. The van der Waals surface area contributed by atoms with E-state index in [0.29, 0.717) is 11.5 Å². The largest absolute Gasteiger partial charge is 0.454 e. The molecule has 2 aromatic rings. The van der Waals surface area contributed by atoms with Gasteiger partial charge in [-0.05, 0) is 57.5 Å².